The van der Waals surface area contributed by atoms with Crippen LogP contribution in [-0.2, 0) is 13.0 Å². The van der Waals surface area contributed by atoms with Crippen LogP contribution < -0.4 is 0 Å². The van der Waals surface area contributed by atoms with E-state index in [1.165, 1.54) is 27.7 Å². The largest absolute Gasteiger partial charge is 0.392 e. The number of aromatic nitrogens is 1. The molecule has 3 N–H and O–H groups in total. The second-order valence-electron chi connectivity index (χ2n) is 8.29. The zero-order valence-corrected chi connectivity index (χ0v) is 16.7. The van der Waals surface area contributed by atoms with Crippen molar-refractivity contribution in [2.24, 2.45) is 0 Å². The average Bonchev–Trinajstić information content (AvgIpc) is 3.31. The Bertz CT molecular complexity index is 1070. The van der Waals surface area contributed by atoms with Crippen LogP contribution in [0, 0.1) is 0 Å². The highest BCUT2D eigenvalue weighted by atomic mass is 16.3. The second-order valence-corrected chi connectivity index (χ2v) is 8.29. The third-order valence-corrected chi connectivity index (χ3v) is 6.58. The molecule has 0 spiro atoms. The highest BCUT2D eigenvalue weighted by molar-refractivity contribution is 5.86. The monoisotopic (exact) mass is 388 g/mol. The molecule has 2 aromatic carbocycles. The van der Waals surface area contributed by atoms with E-state index in [1.54, 1.807) is 0 Å². The number of aliphatic hydroxyl groups is 2. The van der Waals surface area contributed by atoms with Gasteiger partial charge in [0.1, 0.15) is 6.10 Å². The molecule has 1 aliphatic heterocycles. The van der Waals surface area contributed by atoms with Crippen molar-refractivity contribution in [3.8, 4) is 0 Å². The van der Waals surface area contributed by atoms with Gasteiger partial charge in [0, 0.05) is 30.2 Å². The smallest absolute Gasteiger partial charge is 0.102 e. The quantitative estimate of drug-likeness (QED) is 0.555. The molecule has 4 heteroatoms. The third-order valence-electron chi connectivity index (χ3n) is 6.58. The Hall–Kier alpha value is -2.40. The van der Waals surface area contributed by atoms with Gasteiger partial charge in [0.15, 0.2) is 0 Å². The number of hydrogen-bond acceptors (Lipinski definition) is 3. The first-order valence-electron chi connectivity index (χ1n) is 10.7. The van der Waals surface area contributed by atoms with E-state index in [4.69, 9.17) is 0 Å². The summed E-state index contributed by atoms with van der Waals surface area (Å²) in [6.07, 6.45) is 5.98. The molecule has 0 radical (unpaired) electrons. The summed E-state index contributed by atoms with van der Waals surface area (Å²) in [5, 5.41) is 21.6. The molecule has 0 bridgehead atoms. The number of aromatic amines is 1. The molecule has 1 unspecified atom stereocenters. The van der Waals surface area contributed by atoms with Crippen LogP contribution in [0.1, 0.15) is 47.6 Å². The average molecular weight is 389 g/mol. The maximum absolute atomic E-state index is 10.7. The fraction of sp³-hybridized carbons (Fsp3) is 0.360. The number of nitrogens with one attached hydrogen (secondary N) is 1. The van der Waals surface area contributed by atoms with Crippen molar-refractivity contribution in [2.45, 2.75) is 38.4 Å². The minimum atomic E-state index is -0.424. The number of hydrogen-bond donors (Lipinski definition) is 3. The number of unbranched alkanes of at least 4 members (excludes halogenated alkanes) is 1. The van der Waals surface area contributed by atoms with E-state index >= 15 is 0 Å². The Morgan fingerprint density at radius 3 is 2.83 bits per heavy atom. The Labute approximate surface area is 171 Å². The van der Waals surface area contributed by atoms with Gasteiger partial charge in [-0.05, 0) is 71.7 Å². The van der Waals surface area contributed by atoms with Crippen LogP contribution in [0.15, 0.2) is 54.2 Å². The molecule has 150 valence electrons. The minimum absolute atomic E-state index is 0.0815. The van der Waals surface area contributed by atoms with Crippen molar-refractivity contribution < 1.29 is 10.2 Å². The second kappa shape index (κ2) is 7.79. The number of H-pyrrole nitrogens is 1. The first kappa shape index (κ1) is 18.6. The molecule has 4 nitrogen and oxygen atoms in total. The minimum Gasteiger partial charge on any atom is -0.392 e. The molecule has 3 aromatic rings. The van der Waals surface area contributed by atoms with E-state index in [-0.39, 0.29) is 6.61 Å². The van der Waals surface area contributed by atoms with E-state index < -0.39 is 6.10 Å². The lowest BCUT2D eigenvalue weighted by atomic mass is 9.98. The van der Waals surface area contributed by atoms with Crippen molar-refractivity contribution in [1.82, 2.24) is 9.88 Å². The topological polar surface area (TPSA) is 59.5 Å². The molecular formula is C25H28N2O2. The molecule has 1 aromatic heterocycles. The molecule has 1 atom stereocenters. The normalized spacial score (nSPS) is 19.0. The fourth-order valence-corrected chi connectivity index (χ4v) is 5.11. The zero-order valence-electron chi connectivity index (χ0n) is 16.7. The summed E-state index contributed by atoms with van der Waals surface area (Å²) in [5.41, 5.74) is 8.34. The molecule has 0 saturated heterocycles. The van der Waals surface area contributed by atoms with Crippen LogP contribution in [0.5, 0.6) is 0 Å². The highest BCUT2D eigenvalue weighted by Gasteiger charge is 2.32. The molecule has 1 aliphatic carbocycles. The van der Waals surface area contributed by atoms with Gasteiger partial charge in [-0.15, -0.1) is 0 Å². The van der Waals surface area contributed by atoms with Gasteiger partial charge in [-0.1, -0.05) is 36.4 Å². The lowest BCUT2D eigenvalue weighted by Crippen LogP contribution is -2.32. The van der Waals surface area contributed by atoms with Gasteiger partial charge < -0.3 is 15.2 Å². The molecule has 29 heavy (non-hydrogen) atoms. The summed E-state index contributed by atoms with van der Waals surface area (Å²) in [4.78, 5) is 5.82. The Balaban J connectivity index is 1.18. The molecule has 0 fully saturated rings. The van der Waals surface area contributed by atoms with Gasteiger partial charge in [0.05, 0.1) is 6.61 Å². The van der Waals surface area contributed by atoms with Crippen molar-refractivity contribution in [3.05, 3.63) is 76.5 Å². The molecule has 0 amide bonds. The standard InChI is InChI=1S/C25H28N2O2/c28-16-18-7-5-10-23-24(18)17(14-26-23)6-3-4-12-27-13-11-20-19-8-1-2-9-21(19)25(29)22(20)15-27/h1-2,5,7-10,14,25-26,28-29H,3-4,6,11-13,15-16H2. The van der Waals surface area contributed by atoms with Crippen LogP contribution in [0.2, 0.25) is 0 Å². The summed E-state index contributed by atoms with van der Waals surface area (Å²) in [6, 6.07) is 14.4. The van der Waals surface area contributed by atoms with Gasteiger partial charge in [0.25, 0.3) is 0 Å². The van der Waals surface area contributed by atoms with Gasteiger partial charge in [0.2, 0.25) is 0 Å². The van der Waals surface area contributed by atoms with Crippen LogP contribution in [0.4, 0.5) is 0 Å². The van der Waals surface area contributed by atoms with Gasteiger partial charge in [-0.25, -0.2) is 0 Å². The van der Waals surface area contributed by atoms with Crippen molar-refractivity contribution in [1.29, 1.82) is 0 Å². The fourth-order valence-electron chi connectivity index (χ4n) is 5.11. The Morgan fingerprint density at radius 2 is 1.93 bits per heavy atom. The SMILES string of the molecule is OCc1cccc2[nH]cc(CCCCN3CCC4=C(C3)C(O)c3ccccc34)c12. The number of aryl methyl sites for hydroxylation is 1. The van der Waals surface area contributed by atoms with Crippen LogP contribution in [0.25, 0.3) is 16.5 Å². The molecule has 2 aliphatic rings. The first-order chi connectivity index (χ1) is 14.3. The summed E-state index contributed by atoms with van der Waals surface area (Å²) in [6.45, 7) is 3.10. The number of benzene rings is 2. The summed E-state index contributed by atoms with van der Waals surface area (Å²) >= 11 is 0. The van der Waals surface area contributed by atoms with E-state index in [9.17, 15) is 10.2 Å². The maximum atomic E-state index is 10.7. The maximum Gasteiger partial charge on any atom is 0.102 e. The Kier molecular flexibility index (Phi) is 5.00. The van der Waals surface area contributed by atoms with E-state index in [1.807, 2.05) is 18.2 Å². The van der Waals surface area contributed by atoms with Gasteiger partial charge in [-0.2, -0.15) is 0 Å². The summed E-state index contributed by atoms with van der Waals surface area (Å²) in [7, 11) is 0. The Morgan fingerprint density at radius 1 is 1.03 bits per heavy atom. The molecule has 0 saturated carbocycles. The summed E-state index contributed by atoms with van der Waals surface area (Å²) in [5.74, 6) is 0. The number of nitrogens with zero attached hydrogens (tertiary/aromatic N) is 1. The number of aliphatic hydroxyl groups excluding tert-OH is 2. The van der Waals surface area contributed by atoms with Crippen LogP contribution in [-0.4, -0.2) is 39.7 Å². The highest BCUT2D eigenvalue weighted by Crippen LogP contribution is 2.44. The lowest BCUT2D eigenvalue weighted by Gasteiger charge is -2.29. The first-order valence-corrected chi connectivity index (χ1v) is 10.7. The number of fused-ring (bicyclic) bond motifs is 3. The van der Waals surface area contributed by atoms with Crippen LogP contribution in [0.3, 0.4) is 0 Å². The van der Waals surface area contributed by atoms with E-state index in [0.29, 0.717) is 0 Å². The molecule has 2 heterocycles. The van der Waals surface area contributed by atoms with E-state index in [2.05, 4.69) is 40.3 Å². The van der Waals surface area contributed by atoms with Gasteiger partial charge >= 0.3 is 0 Å². The van der Waals surface area contributed by atoms with Crippen molar-refractivity contribution in [3.63, 3.8) is 0 Å². The zero-order chi connectivity index (χ0) is 19.8. The molecule has 5 rings (SSSR count). The third kappa shape index (κ3) is 3.31. The number of rotatable bonds is 6. The van der Waals surface area contributed by atoms with Gasteiger partial charge in [-0.3, -0.25) is 4.90 Å². The van der Waals surface area contributed by atoms with Crippen LogP contribution >= 0.6 is 0 Å². The lowest BCUT2D eigenvalue weighted by molar-refractivity contribution is 0.193. The summed E-state index contributed by atoms with van der Waals surface area (Å²) < 4.78 is 0. The predicted octanol–water partition coefficient (Wildman–Crippen LogP) is 4.19. The van der Waals surface area contributed by atoms with Crippen molar-refractivity contribution >= 4 is 16.5 Å². The molecular weight excluding hydrogens is 360 g/mol. The van der Waals surface area contributed by atoms with E-state index in [0.717, 1.165) is 62.0 Å². The van der Waals surface area contributed by atoms with Crippen molar-refractivity contribution in [2.75, 3.05) is 19.6 Å². The predicted molar refractivity (Wildman–Crippen MR) is 117 cm³/mol.